The number of rotatable bonds is 6. The van der Waals surface area contributed by atoms with Crippen molar-refractivity contribution < 1.29 is 18.7 Å². The first-order chi connectivity index (χ1) is 14.5. The summed E-state index contributed by atoms with van der Waals surface area (Å²) < 4.78 is 12.6. The van der Waals surface area contributed by atoms with Gasteiger partial charge in [0.05, 0.1) is 5.69 Å². The second-order valence-electron chi connectivity index (χ2n) is 6.68. The largest absolute Gasteiger partial charge is 0.454 e. The van der Waals surface area contributed by atoms with Crippen LogP contribution < -0.4 is 5.73 Å². The summed E-state index contributed by atoms with van der Waals surface area (Å²) in [5.41, 5.74) is 7.96. The number of carbonyl (C=O) groups is 2. The number of esters is 1. The van der Waals surface area contributed by atoms with E-state index >= 15 is 0 Å². The smallest absolute Gasteiger partial charge is 0.331 e. The second kappa shape index (κ2) is 8.08. The Kier molecular flexibility index (Phi) is 5.17. The monoisotopic (exact) mass is 401 g/mol. The highest BCUT2D eigenvalue weighted by atomic mass is 16.5. The van der Waals surface area contributed by atoms with Crippen molar-refractivity contribution >= 4 is 28.9 Å². The van der Waals surface area contributed by atoms with Crippen molar-refractivity contribution in [2.24, 2.45) is 5.73 Å². The van der Waals surface area contributed by atoms with E-state index in [1.807, 2.05) is 60.7 Å². The third-order valence-corrected chi connectivity index (χ3v) is 4.51. The first-order valence-corrected chi connectivity index (χ1v) is 9.33. The Bertz CT molecular complexity index is 1200. The highest BCUT2D eigenvalue weighted by Crippen LogP contribution is 2.30. The summed E-state index contributed by atoms with van der Waals surface area (Å²) in [5.74, 6) is -0.815. The van der Waals surface area contributed by atoms with Crippen LogP contribution in [0.15, 0.2) is 77.4 Å². The number of benzene rings is 2. The Morgan fingerprint density at radius 2 is 1.87 bits per heavy atom. The molecule has 0 bridgehead atoms. The van der Waals surface area contributed by atoms with Gasteiger partial charge in [-0.1, -0.05) is 36.4 Å². The van der Waals surface area contributed by atoms with Crippen LogP contribution in [-0.2, 0) is 14.3 Å². The van der Waals surface area contributed by atoms with E-state index in [0.29, 0.717) is 17.0 Å². The number of para-hydroxylation sites is 2. The van der Waals surface area contributed by atoms with Gasteiger partial charge >= 0.3 is 5.97 Å². The van der Waals surface area contributed by atoms with Crippen molar-refractivity contribution in [3.8, 4) is 17.1 Å². The van der Waals surface area contributed by atoms with Crippen LogP contribution in [0, 0.1) is 0 Å². The average molecular weight is 401 g/mol. The summed E-state index contributed by atoms with van der Waals surface area (Å²) in [7, 11) is 0. The first-order valence-electron chi connectivity index (χ1n) is 9.33. The van der Waals surface area contributed by atoms with Crippen molar-refractivity contribution in [2.45, 2.75) is 13.0 Å². The number of nitrogens with two attached hydrogens (primary N) is 1. The maximum Gasteiger partial charge on any atom is 0.331 e. The van der Waals surface area contributed by atoms with E-state index in [1.54, 1.807) is 17.0 Å². The predicted molar refractivity (Wildman–Crippen MR) is 113 cm³/mol. The van der Waals surface area contributed by atoms with Gasteiger partial charge in [0.1, 0.15) is 11.3 Å². The second-order valence-corrected chi connectivity index (χ2v) is 6.68. The van der Waals surface area contributed by atoms with Gasteiger partial charge in [-0.05, 0) is 37.3 Å². The molecule has 0 radical (unpaired) electrons. The fourth-order valence-electron chi connectivity index (χ4n) is 2.94. The number of hydrogen-bond donors (Lipinski definition) is 1. The lowest BCUT2D eigenvalue weighted by Crippen LogP contribution is -2.29. The van der Waals surface area contributed by atoms with E-state index in [2.05, 4.69) is 5.10 Å². The van der Waals surface area contributed by atoms with Crippen molar-refractivity contribution in [1.82, 2.24) is 9.78 Å². The molecule has 7 nitrogen and oxygen atoms in total. The first kappa shape index (κ1) is 19.2. The quantitative estimate of drug-likeness (QED) is 0.392. The number of ether oxygens (including phenoxy) is 1. The van der Waals surface area contributed by atoms with Crippen LogP contribution in [0.4, 0.5) is 0 Å². The molecule has 0 aliphatic heterocycles. The Morgan fingerprint density at radius 1 is 1.13 bits per heavy atom. The van der Waals surface area contributed by atoms with Crippen molar-refractivity contribution in [1.29, 1.82) is 0 Å². The van der Waals surface area contributed by atoms with Gasteiger partial charge in [-0.25, -0.2) is 9.48 Å². The van der Waals surface area contributed by atoms with Gasteiger partial charge in [0.25, 0.3) is 5.91 Å². The zero-order chi connectivity index (χ0) is 21.1. The normalized spacial score (nSPS) is 12.3. The van der Waals surface area contributed by atoms with Crippen molar-refractivity contribution in [3.63, 3.8) is 0 Å². The van der Waals surface area contributed by atoms with Gasteiger partial charge < -0.3 is 14.9 Å². The molecule has 4 aromatic rings. The summed E-state index contributed by atoms with van der Waals surface area (Å²) in [6.07, 6.45) is 3.59. The number of carbonyl (C=O) groups excluding carboxylic acids is 2. The van der Waals surface area contributed by atoms with Gasteiger partial charge in [0.15, 0.2) is 11.9 Å². The fraction of sp³-hybridized carbons (Fsp3) is 0.0870. The third-order valence-electron chi connectivity index (χ3n) is 4.51. The van der Waals surface area contributed by atoms with E-state index in [1.165, 1.54) is 13.0 Å². The molecule has 1 amide bonds. The molecule has 1 atom stereocenters. The van der Waals surface area contributed by atoms with E-state index in [-0.39, 0.29) is 0 Å². The van der Waals surface area contributed by atoms with Crippen LogP contribution >= 0.6 is 0 Å². The molecule has 30 heavy (non-hydrogen) atoms. The number of primary amides is 1. The number of nitrogens with zero attached hydrogens (tertiary/aromatic N) is 2. The average Bonchev–Trinajstić information content (AvgIpc) is 3.36. The zero-order valence-electron chi connectivity index (χ0n) is 16.2. The molecular formula is C23H19N3O4. The lowest BCUT2D eigenvalue weighted by Gasteiger charge is -2.06. The van der Waals surface area contributed by atoms with Crippen LogP contribution in [0.1, 0.15) is 12.5 Å². The van der Waals surface area contributed by atoms with Crippen LogP contribution in [0.25, 0.3) is 34.2 Å². The Balaban J connectivity index is 1.72. The molecular weight excluding hydrogens is 382 g/mol. The molecule has 0 saturated carbocycles. The highest BCUT2D eigenvalue weighted by molar-refractivity contribution is 5.91. The molecule has 2 N–H and O–H groups in total. The van der Waals surface area contributed by atoms with Crippen LogP contribution in [-0.4, -0.2) is 27.8 Å². The number of hydrogen-bond acceptors (Lipinski definition) is 5. The van der Waals surface area contributed by atoms with Gasteiger partial charge in [0.2, 0.25) is 0 Å². The van der Waals surface area contributed by atoms with E-state index in [4.69, 9.17) is 14.9 Å². The molecule has 1 unspecified atom stereocenters. The lowest BCUT2D eigenvalue weighted by atomic mass is 10.2. The minimum absolute atomic E-state index is 0.571. The minimum Gasteiger partial charge on any atom is -0.454 e. The summed E-state index contributed by atoms with van der Waals surface area (Å²) in [5, 5.41) is 5.61. The van der Waals surface area contributed by atoms with Crippen molar-refractivity contribution in [3.05, 3.63) is 78.5 Å². The number of furan rings is 1. The van der Waals surface area contributed by atoms with Gasteiger partial charge in [-0.15, -0.1) is 0 Å². The van der Waals surface area contributed by atoms with E-state index in [9.17, 15) is 9.59 Å². The summed E-state index contributed by atoms with van der Waals surface area (Å²) in [6, 6.07) is 19.2. The van der Waals surface area contributed by atoms with Crippen LogP contribution in [0.2, 0.25) is 0 Å². The molecule has 0 aliphatic rings. The molecule has 0 saturated heterocycles. The maximum atomic E-state index is 12.0. The topological polar surface area (TPSA) is 100 Å². The number of amides is 1. The van der Waals surface area contributed by atoms with Crippen LogP contribution in [0.3, 0.4) is 0 Å². The molecule has 2 heterocycles. The molecule has 2 aromatic carbocycles. The number of aromatic nitrogens is 2. The lowest BCUT2D eigenvalue weighted by molar-refractivity contribution is -0.148. The highest BCUT2D eigenvalue weighted by Gasteiger charge is 2.16. The summed E-state index contributed by atoms with van der Waals surface area (Å²) in [6.45, 7) is 1.42. The third kappa shape index (κ3) is 4.00. The minimum atomic E-state index is -1.01. The van der Waals surface area contributed by atoms with E-state index in [0.717, 1.165) is 16.7 Å². The summed E-state index contributed by atoms with van der Waals surface area (Å²) >= 11 is 0. The molecule has 0 fully saturated rings. The van der Waals surface area contributed by atoms with Crippen molar-refractivity contribution in [2.75, 3.05) is 0 Å². The molecule has 150 valence electrons. The molecule has 4 rings (SSSR count). The standard InChI is InChI=1S/C23H19N3O4/c1-15(23(24)28)29-21(27)12-11-17-14-26(18-8-3-2-4-9-18)25-22(17)20-13-16-7-5-6-10-19(16)30-20/h2-15H,1H3,(H2,24,28)/b12-11+. The van der Waals surface area contributed by atoms with Gasteiger partial charge in [0, 0.05) is 23.2 Å². The Morgan fingerprint density at radius 3 is 2.60 bits per heavy atom. The fourth-order valence-corrected chi connectivity index (χ4v) is 2.94. The maximum absolute atomic E-state index is 12.0. The Labute approximate surface area is 172 Å². The SMILES string of the molecule is CC(OC(=O)/C=C/c1cn(-c2ccccc2)nc1-c1cc2ccccc2o1)C(N)=O. The number of fused-ring (bicyclic) bond motifs is 1. The molecule has 2 aromatic heterocycles. The van der Waals surface area contributed by atoms with Gasteiger partial charge in [-0.2, -0.15) is 5.10 Å². The molecule has 0 aliphatic carbocycles. The molecule has 0 spiro atoms. The summed E-state index contributed by atoms with van der Waals surface area (Å²) in [4.78, 5) is 23.1. The van der Waals surface area contributed by atoms with Crippen LogP contribution in [0.5, 0.6) is 0 Å². The Hall–Kier alpha value is -4.13. The predicted octanol–water partition coefficient (Wildman–Crippen LogP) is 3.72. The zero-order valence-corrected chi connectivity index (χ0v) is 16.2. The van der Waals surface area contributed by atoms with E-state index < -0.39 is 18.0 Å². The van der Waals surface area contributed by atoms with Gasteiger partial charge in [-0.3, -0.25) is 4.79 Å². The molecule has 7 heteroatoms.